The maximum atomic E-state index is 13.5. The van der Waals surface area contributed by atoms with E-state index < -0.39 is 47.0 Å². The predicted octanol–water partition coefficient (Wildman–Crippen LogP) is 4.52. The van der Waals surface area contributed by atoms with Crippen molar-refractivity contribution in [3.05, 3.63) is 64.5 Å². The second-order valence-corrected chi connectivity index (χ2v) is 5.22. The van der Waals surface area contributed by atoms with Crippen molar-refractivity contribution in [3.8, 4) is 0 Å². The fourth-order valence-electron chi connectivity index (χ4n) is 2.21. The van der Waals surface area contributed by atoms with E-state index in [1.807, 2.05) is 6.92 Å². The third-order valence-corrected chi connectivity index (χ3v) is 3.41. The van der Waals surface area contributed by atoms with Gasteiger partial charge in [0.25, 0.3) is 0 Å². The molecule has 0 spiro atoms. The molecule has 0 aliphatic heterocycles. The van der Waals surface area contributed by atoms with Crippen LogP contribution in [0.2, 0.25) is 0 Å². The molecular weight excluding hydrogens is 329 g/mol. The van der Waals surface area contributed by atoms with Crippen molar-refractivity contribution in [1.29, 1.82) is 0 Å². The molecule has 2 aromatic rings. The van der Waals surface area contributed by atoms with E-state index >= 15 is 0 Å². The Morgan fingerprint density at radius 1 is 0.875 bits per heavy atom. The topological polar surface area (TPSA) is 29.1 Å². The fourth-order valence-corrected chi connectivity index (χ4v) is 2.21. The highest BCUT2D eigenvalue weighted by atomic mass is 19.2. The van der Waals surface area contributed by atoms with E-state index in [-0.39, 0.29) is 0 Å². The average Bonchev–Trinajstić information content (AvgIpc) is 2.57. The van der Waals surface area contributed by atoms with Gasteiger partial charge in [-0.15, -0.1) is 0 Å². The smallest absolute Gasteiger partial charge is 0.229 e. The lowest BCUT2D eigenvalue weighted by molar-refractivity contribution is -0.115. The zero-order chi connectivity index (χ0) is 17.9. The van der Waals surface area contributed by atoms with Gasteiger partial charge in [-0.05, 0) is 24.1 Å². The van der Waals surface area contributed by atoms with Gasteiger partial charge in [0, 0.05) is 11.3 Å². The summed E-state index contributed by atoms with van der Waals surface area (Å²) in [6.45, 7) is 2.01. The normalized spacial score (nSPS) is 10.8. The molecule has 0 atom stereocenters. The highest BCUT2D eigenvalue weighted by molar-refractivity contribution is 5.92. The van der Waals surface area contributed by atoms with Gasteiger partial charge in [0.05, 0.1) is 6.42 Å². The molecule has 0 fully saturated rings. The number of aryl methyl sites for hydroxylation is 1. The van der Waals surface area contributed by atoms with Crippen LogP contribution in [0.5, 0.6) is 0 Å². The predicted molar refractivity (Wildman–Crippen MR) is 79.0 cm³/mol. The average molecular weight is 343 g/mol. The number of hydrogen-bond acceptors (Lipinski definition) is 1. The minimum absolute atomic E-state index is 0.365. The maximum Gasteiger partial charge on any atom is 0.229 e. The number of hydrogen-bond donors (Lipinski definition) is 1. The molecule has 0 aromatic heterocycles. The van der Waals surface area contributed by atoms with Gasteiger partial charge in [-0.1, -0.05) is 25.5 Å². The summed E-state index contributed by atoms with van der Waals surface area (Å²) >= 11 is 0. The van der Waals surface area contributed by atoms with Crippen LogP contribution in [-0.2, 0) is 17.6 Å². The largest absolute Gasteiger partial charge is 0.326 e. The van der Waals surface area contributed by atoms with Crippen LogP contribution in [-0.4, -0.2) is 5.91 Å². The fraction of sp³-hybridized carbons (Fsp3) is 0.235. The molecule has 1 amide bonds. The Kier molecular flexibility index (Phi) is 5.54. The lowest BCUT2D eigenvalue weighted by Gasteiger charge is -2.09. The van der Waals surface area contributed by atoms with Crippen LogP contribution in [0, 0.1) is 29.1 Å². The van der Waals surface area contributed by atoms with E-state index in [0.29, 0.717) is 5.69 Å². The summed E-state index contributed by atoms with van der Waals surface area (Å²) in [5.41, 5.74) is 0.255. The van der Waals surface area contributed by atoms with E-state index in [1.165, 1.54) is 0 Å². The van der Waals surface area contributed by atoms with Crippen molar-refractivity contribution in [3.63, 3.8) is 0 Å². The molecule has 1 N–H and O–H groups in total. The number of nitrogens with one attached hydrogen (secondary N) is 1. The lowest BCUT2D eigenvalue weighted by atomic mass is 10.1. The molecule has 0 radical (unpaired) electrons. The second kappa shape index (κ2) is 7.42. The molecule has 128 valence electrons. The Hall–Kier alpha value is -2.44. The molecular formula is C17H14F5NO. The number of halogens is 5. The lowest BCUT2D eigenvalue weighted by Crippen LogP contribution is -2.18. The van der Waals surface area contributed by atoms with Gasteiger partial charge in [-0.3, -0.25) is 4.79 Å². The van der Waals surface area contributed by atoms with Crippen molar-refractivity contribution in [2.45, 2.75) is 26.2 Å². The zero-order valence-electron chi connectivity index (χ0n) is 12.7. The van der Waals surface area contributed by atoms with Crippen LogP contribution in [0.1, 0.15) is 24.5 Å². The Labute approximate surface area is 135 Å². The highest BCUT2D eigenvalue weighted by Crippen LogP contribution is 2.23. The van der Waals surface area contributed by atoms with E-state index in [2.05, 4.69) is 5.32 Å². The molecule has 0 bridgehead atoms. The second-order valence-electron chi connectivity index (χ2n) is 5.22. The Balaban J connectivity index is 2.15. The third-order valence-electron chi connectivity index (χ3n) is 3.41. The van der Waals surface area contributed by atoms with E-state index in [4.69, 9.17) is 0 Å². The van der Waals surface area contributed by atoms with Crippen molar-refractivity contribution < 1.29 is 26.7 Å². The Morgan fingerprint density at radius 3 is 1.88 bits per heavy atom. The van der Waals surface area contributed by atoms with Crippen LogP contribution >= 0.6 is 0 Å². The number of anilines is 1. The SMILES string of the molecule is CCCc1ccc(NC(=O)Cc2c(F)c(F)c(F)c(F)c2F)cc1. The molecule has 2 aromatic carbocycles. The zero-order valence-corrected chi connectivity index (χ0v) is 12.7. The first kappa shape index (κ1) is 17.9. The molecule has 2 rings (SSSR count). The number of carbonyl (C=O) groups is 1. The third kappa shape index (κ3) is 3.72. The minimum Gasteiger partial charge on any atom is -0.326 e. The van der Waals surface area contributed by atoms with Gasteiger partial charge in [0.1, 0.15) is 0 Å². The van der Waals surface area contributed by atoms with Gasteiger partial charge in [-0.2, -0.15) is 0 Å². The molecule has 0 aliphatic rings. The molecule has 0 unspecified atom stereocenters. The minimum atomic E-state index is -2.25. The molecule has 0 heterocycles. The van der Waals surface area contributed by atoms with Gasteiger partial charge < -0.3 is 5.32 Å². The molecule has 0 saturated heterocycles. The van der Waals surface area contributed by atoms with Gasteiger partial charge in [0.2, 0.25) is 11.7 Å². The Morgan fingerprint density at radius 2 is 1.38 bits per heavy atom. The number of amides is 1. The van der Waals surface area contributed by atoms with Crippen molar-refractivity contribution in [2.75, 3.05) is 5.32 Å². The highest BCUT2D eigenvalue weighted by Gasteiger charge is 2.26. The van der Waals surface area contributed by atoms with Crippen LogP contribution in [0.4, 0.5) is 27.6 Å². The van der Waals surface area contributed by atoms with Gasteiger partial charge >= 0.3 is 0 Å². The van der Waals surface area contributed by atoms with Crippen molar-refractivity contribution in [2.24, 2.45) is 0 Å². The quantitative estimate of drug-likeness (QED) is 0.483. The maximum absolute atomic E-state index is 13.5. The first-order chi connectivity index (χ1) is 11.3. The monoisotopic (exact) mass is 343 g/mol. The van der Waals surface area contributed by atoms with E-state index in [1.54, 1.807) is 24.3 Å². The van der Waals surface area contributed by atoms with Gasteiger partial charge in [0.15, 0.2) is 23.3 Å². The van der Waals surface area contributed by atoms with Gasteiger partial charge in [-0.25, -0.2) is 22.0 Å². The molecule has 0 saturated carbocycles. The van der Waals surface area contributed by atoms with Crippen molar-refractivity contribution >= 4 is 11.6 Å². The molecule has 24 heavy (non-hydrogen) atoms. The summed E-state index contributed by atoms with van der Waals surface area (Å²) < 4.78 is 66.2. The van der Waals surface area contributed by atoms with Crippen LogP contribution < -0.4 is 5.32 Å². The summed E-state index contributed by atoms with van der Waals surface area (Å²) in [5.74, 6) is -11.3. The standard InChI is InChI=1S/C17H14F5NO/c1-2-3-9-4-6-10(7-5-9)23-12(24)8-11-13(18)15(20)17(22)16(21)14(11)19/h4-7H,2-3,8H2,1H3,(H,23,24). The van der Waals surface area contributed by atoms with E-state index in [0.717, 1.165) is 18.4 Å². The summed E-state index contributed by atoms with van der Waals surface area (Å²) in [6, 6.07) is 6.75. The Bertz CT molecular complexity index is 730. The summed E-state index contributed by atoms with van der Waals surface area (Å²) in [5, 5.41) is 2.36. The number of rotatable bonds is 5. The number of carbonyl (C=O) groups excluding carboxylic acids is 1. The van der Waals surface area contributed by atoms with E-state index in [9.17, 15) is 26.7 Å². The van der Waals surface area contributed by atoms with Crippen LogP contribution in [0.25, 0.3) is 0 Å². The molecule has 2 nitrogen and oxygen atoms in total. The first-order valence-electron chi connectivity index (χ1n) is 7.24. The van der Waals surface area contributed by atoms with Crippen LogP contribution in [0.3, 0.4) is 0 Å². The van der Waals surface area contributed by atoms with Crippen molar-refractivity contribution in [1.82, 2.24) is 0 Å². The number of benzene rings is 2. The molecule has 0 aliphatic carbocycles. The molecule has 7 heteroatoms. The van der Waals surface area contributed by atoms with Crippen LogP contribution in [0.15, 0.2) is 24.3 Å². The summed E-state index contributed by atoms with van der Waals surface area (Å²) in [4.78, 5) is 11.8. The summed E-state index contributed by atoms with van der Waals surface area (Å²) in [7, 11) is 0. The first-order valence-corrected chi connectivity index (χ1v) is 7.24. The summed E-state index contributed by atoms with van der Waals surface area (Å²) in [6.07, 6.45) is 0.841.